The zero-order valence-corrected chi connectivity index (χ0v) is 27.1. The average molecular weight is 642 g/mol. The van der Waals surface area contributed by atoms with Crippen LogP contribution in [0.4, 0.5) is 5.69 Å². The lowest BCUT2D eigenvalue weighted by molar-refractivity contribution is -0.147. The topological polar surface area (TPSA) is 116 Å². The molecular formula is C35H36ClN5O5. The molecule has 3 heterocycles. The molecule has 10 nitrogen and oxygen atoms in total. The van der Waals surface area contributed by atoms with Crippen molar-refractivity contribution < 1.29 is 19.1 Å². The summed E-state index contributed by atoms with van der Waals surface area (Å²) in [4.78, 5) is 45.1. The first-order valence-electron chi connectivity index (χ1n) is 15.4. The number of benzene rings is 2. The van der Waals surface area contributed by atoms with Gasteiger partial charge in [0.15, 0.2) is 0 Å². The van der Waals surface area contributed by atoms with Gasteiger partial charge in [0, 0.05) is 48.2 Å². The van der Waals surface area contributed by atoms with E-state index in [0.29, 0.717) is 35.4 Å². The van der Waals surface area contributed by atoms with Crippen molar-refractivity contribution in [2.24, 2.45) is 13.0 Å². The number of aryl methyl sites for hydroxylation is 2. The molecule has 1 amide bonds. The van der Waals surface area contributed by atoms with Gasteiger partial charge in [0.2, 0.25) is 5.88 Å². The van der Waals surface area contributed by atoms with Crippen molar-refractivity contribution >= 4 is 29.2 Å². The molecule has 0 spiro atoms. The molecule has 6 rings (SSSR count). The fourth-order valence-electron chi connectivity index (χ4n) is 6.63. The van der Waals surface area contributed by atoms with Crippen molar-refractivity contribution in [2.45, 2.75) is 39.2 Å². The van der Waals surface area contributed by atoms with Crippen molar-refractivity contribution in [2.75, 3.05) is 32.1 Å². The van der Waals surface area contributed by atoms with Gasteiger partial charge in [0.05, 0.1) is 30.4 Å². The Hall–Kier alpha value is -4.54. The molecule has 1 saturated heterocycles. The molecule has 2 aromatic heterocycles. The van der Waals surface area contributed by atoms with Crippen LogP contribution in [0.15, 0.2) is 59.5 Å². The predicted octanol–water partition coefficient (Wildman–Crippen LogP) is 5.60. The third-order valence-electron chi connectivity index (χ3n) is 9.00. The quantitative estimate of drug-likeness (QED) is 0.247. The zero-order chi connectivity index (χ0) is 32.5. The summed E-state index contributed by atoms with van der Waals surface area (Å²) in [5, 5.41) is 7.29. The van der Waals surface area contributed by atoms with Crippen molar-refractivity contribution in [3.05, 3.63) is 92.4 Å². The molecule has 0 unspecified atom stereocenters. The Morgan fingerprint density at radius 3 is 2.63 bits per heavy atom. The van der Waals surface area contributed by atoms with Crippen LogP contribution in [-0.2, 0) is 23.0 Å². The van der Waals surface area contributed by atoms with E-state index in [1.54, 1.807) is 13.2 Å². The van der Waals surface area contributed by atoms with Gasteiger partial charge in [-0.05, 0) is 74.5 Å². The van der Waals surface area contributed by atoms with Gasteiger partial charge in [0.1, 0.15) is 5.56 Å². The Kier molecular flexibility index (Phi) is 8.93. The molecule has 4 aromatic rings. The minimum Gasteiger partial charge on any atom is -0.481 e. The van der Waals surface area contributed by atoms with Crippen LogP contribution in [0.3, 0.4) is 0 Å². The van der Waals surface area contributed by atoms with Crippen LogP contribution >= 0.6 is 11.6 Å². The third kappa shape index (κ3) is 5.78. The number of rotatable bonds is 8. The Bertz CT molecular complexity index is 1890. The van der Waals surface area contributed by atoms with E-state index in [9.17, 15) is 14.4 Å². The van der Waals surface area contributed by atoms with Crippen LogP contribution in [0.5, 0.6) is 5.88 Å². The number of methoxy groups -OCH3 is 1. The number of nitrogens with one attached hydrogen (secondary N) is 1. The summed E-state index contributed by atoms with van der Waals surface area (Å²) < 4.78 is 12.3. The summed E-state index contributed by atoms with van der Waals surface area (Å²) in [6, 6.07) is 15.0. The number of pyridine rings is 1. The normalized spacial score (nSPS) is 17.5. The largest absolute Gasteiger partial charge is 0.481 e. The van der Waals surface area contributed by atoms with E-state index in [4.69, 9.17) is 26.1 Å². The summed E-state index contributed by atoms with van der Waals surface area (Å²) in [5.41, 5.74) is 6.24. The van der Waals surface area contributed by atoms with Gasteiger partial charge in [-0.15, -0.1) is 0 Å². The Labute approximate surface area is 272 Å². The highest BCUT2D eigenvalue weighted by Gasteiger charge is 2.38. The number of carbonyl (C=O) groups excluding carboxylic acids is 2. The summed E-state index contributed by atoms with van der Waals surface area (Å²) in [6.07, 6.45) is 3.99. The van der Waals surface area contributed by atoms with Gasteiger partial charge in [-0.3, -0.25) is 19.3 Å². The number of likely N-dealkylation sites (tertiary alicyclic amines) is 1. The number of nitrogens with zero attached hydrogens (tertiary/aromatic N) is 4. The zero-order valence-electron chi connectivity index (χ0n) is 26.3. The first-order chi connectivity index (χ1) is 22.2. The van der Waals surface area contributed by atoms with Gasteiger partial charge in [0.25, 0.3) is 11.5 Å². The fourth-order valence-corrected chi connectivity index (χ4v) is 6.96. The van der Waals surface area contributed by atoms with Crippen molar-refractivity contribution in [3.8, 4) is 28.3 Å². The number of hydrogen-bond donors (Lipinski definition) is 1. The maximum atomic E-state index is 13.0. The molecule has 0 bridgehead atoms. The predicted molar refractivity (Wildman–Crippen MR) is 176 cm³/mol. The van der Waals surface area contributed by atoms with Crippen LogP contribution in [0, 0.1) is 12.8 Å². The lowest BCUT2D eigenvalue weighted by Gasteiger charge is -2.25. The molecule has 0 radical (unpaired) electrons. The van der Waals surface area contributed by atoms with E-state index in [-0.39, 0.29) is 23.5 Å². The standard InChI is InChI=1S/C35H36ClN5O5/c1-5-46-35(44)22-15-17-41(19-22)29-13-12-21-18-28(39-33(45-4)30(21)29)25-10-6-9-24(31(25)36)23-8-7-11-27(20(23)2)38-32(42)26-14-16-37-40(3)34(26)43/h6-11,14,16,18,22,29H,5,12-13,15,17,19H2,1-4H3,(H,38,42)/t22-,29-/m0/s1. The van der Waals surface area contributed by atoms with Crippen LogP contribution in [0.2, 0.25) is 5.02 Å². The van der Waals surface area contributed by atoms with Gasteiger partial charge in [-0.2, -0.15) is 5.10 Å². The first-order valence-corrected chi connectivity index (χ1v) is 15.8. The second kappa shape index (κ2) is 13.1. The van der Waals surface area contributed by atoms with Gasteiger partial charge in [-0.25, -0.2) is 9.67 Å². The van der Waals surface area contributed by atoms with Gasteiger partial charge >= 0.3 is 5.97 Å². The lowest BCUT2D eigenvalue weighted by atomic mass is 9.96. The van der Waals surface area contributed by atoms with Crippen molar-refractivity contribution in [1.29, 1.82) is 0 Å². The van der Waals surface area contributed by atoms with Crippen LogP contribution in [0.25, 0.3) is 22.4 Å². The number of aromatic nitrogens is 3. The lowest BCUT2D eigenvalue weighted by Crippen LogP contribution is -2.28. The van der Waals surface area contributed by atoms with Crippen molar-refractivity contribution in [3.63, 3.8) is 0 Å². The minimum absolute atomic E-state index is 0.00440. The number of esters is 1. The number of amides is 1. The van der Waals surface area contributed by atoms with Crippen molar-refractivity contribution in [1.82, 2.24) is 19.7 Å². The van der Waals surface area contributed by atoms with E-state index in [2.05, 4.69) is 21.4 Å². The molecule has 2 atom stereocenters. The number of ether oxygens (including phenoxy) is 2. The number of carbonyl (C=O) groups is 2. The fraction of sp³-hybridized carbons (Fsp3) is 0.343. The first kappa shape index (κ1) is 31.4. The molecule has 2 aliphatic rings. The number of halogens is 1. The average Bonchev–Trinajstić information content (AvgIpc) is 3.71. The third-order valence-corrected chi connectivity index (χ3v) is 9.41. The molecule has 1 aliphatic carbocycles. The molecule has 46 heavy (non-hydrogen) atoms. The van der Waals surface area contributed by atoms with Crippen LogP contribution in [-0.4, -0.2) is 58.3 Å². The second-order valence-electron chi connectivity index (χ2n) is 11.6. The Morgan fingerprint density at radius 1 is 1.09 bits per heavy atom. The van der Waals surface area contributed by atoms with Crippen LogP contribution < -0.4 is 15.6 Å². The SMILES string of the molecule is CCOC(=O)[C@H]1CCN([C@H]2CCc3cc(-c4cccc(-c5cccc(NC(=O)c6ccnn(C)c6=O)c5C)c4Cl)nc(OC)c32)C1. The maximum absolute atomic E-state index is 13.0. The van der Waals surface area contributed by atoms with E-state index >= 15 is 0 Å². The molecular weight excluding hydrogens is 606 g/mol. The number of anilines is 1. The maximum Gasteiger partial charge on any atom is 0.310 e. The molecule has 238 valence electrons. The molecule has 11 heteroatoms. The van der Waals surface area contributed by atoms with E-state index in [1.807, 2.05) is 44.2 Å². The Balaban J connectivity index is 1.30. The number of hydrogen-bond acceptors (Lipinski definition) is 8. The monoisotopic (exact) mass is 641 g/mol. The minimum atomic E-state index is -0.513. The highest BCUT2D eigenvalue weighted by Crippen LogP contribution is 2.46. The molecule has 1 N–H and O–H groups in total. The molecule has 1 fully saturated rings. The second-order valence-corrected chi connectivity index (χ2v) is 12.0. The smallest absolute Gasteiger partial charge is 0.310 e. The van der Waals surface area contributed by atoms with Crippen LogP contribution in [0.1, 0.15) is 52.9 Å². The van der Waals surface area contributed by atoms with Gasteiger partial charge in [-0.1, -0.05) is 41.9 Å². The highest BCUT2D eigenvalue weighted by molar-refractivity contribution is 6.36. The van der Waals surface area contributed by atoms with E-state index < -0.39 is 11.5 Å². The van der Waals surface area contributed by atoms with E-state index in [1.165, 1.54) is 19.3 Å². The summed E-state index contributed by atoms with van der Waals surface area (Å²) in [5.74, 6) is -0.178. The molecule has 1 aliphatic heterocycles. The highest BCUT2D eigenvalue weighted by atomic mass is 35.5. The summed E-state index contributed by atoms with van der Waals surface area (Å²) in [7, 11) is 3.13. The molecule has 0 saturated carbocycles. The van der Waals surface area contributed by atoms with Gasteiger partial charge < -0.3 is 14.8 Å². The van der Waals surface area contributed by atoms with E-state index in [0.717, 1.165) is 63.9 Å². The summed E-state index contributed by atoms with van der Waals surface area (Å²) in [6.45, 7) is 5.62. The molecule has 2 aromatic carbocycles. The number of fused-ring (bicyclic) bond motifs is 1. The summed E-state index contributed by atoms with van der Waals surface area (Å²) >= 11 is 7.12. The Morgan fingerprint density at radius 2 is 1.85 bits per heavy atom.